The molecule has 2 aliphatic heterocycles. The van der Waals surface area contributed by atoms with Gasteiger partial charge in [-0.1, -0.05) is 12.1 Å². The number of alkyl halides is 3. The van der Waals surface area contributed by atoms with Gasteiger partial charge in [0, 0.05) is 50.4 Å². The molecule has 2 aromatic carbocycles. The second kappa shape index (κ2) is 10.1. The zero-order valence-electron chi connectivity index (χ0n) is 19.8. The number of aromatic nitrogens is 1. The third-order valence-corrected chi connectivity index (χ3v) is 7.53. The van der Waals surface area contributed by atoms with E-state index in [0.717, 1.165) is 68.4 Å². The van der Waals surface area contributed by atoms with Crippen LogP contribution in [0.25, 0.3) is 10.6 Å². The molecule has 0 radical (unpaired) electrons. The largest absolute Gasteiger partial charge is 0.493 e. The molecule has 0 atom stereocenters. The first-order chi connectivity index (χ1) is 17.3. The molecule has 0 bridgehead atoms. The van der Waals surface area contributed by atoms with Crippen molar-refractivity contribution in [2.75, 3.05) is 44.3 Å². The van der Waals surface area contributed by atoms with E-state index in [2.05, 4.69) is 26.9 Å². The number of benzene rings is 2. The molecule has 0 saturated carbocycles. The van der Waals surface area contributed by atoms with Crippen LogP contribution in [0.3, 0.4) is 0 Å². The van der Waals surface area contributed by atoms with Gasteiger partial charge in [0.15, 0.2) is 0 Å². The molecule has 0 N–H and O–H groups in total. The lowest BCUT2D eigenvalue weighted by Gasteiger charge is -2.36. The first-order valence-electron chi connectivity index (χ1n) is 11.9. The van der Waals surface area contributed by atoms with Crippen LogP contribution in [0.15, 0.2) is 42.5 Å². The number of rotatable bonds is 6. The lowest BCUT2D eigenvalue weighted by Crippen LogP contribution is -2.46. The lowest BCUT2D eigenvalue weighted by atomic mass is 10.1. The van der Waals surface area contributed by atoms with Gasteiger partial charge in [-0.15, -0.1) is 11.3 Å². The quantitative estimate of drug-likeness (QED) is 0.416. The molecule has 0 aliphatic carbocycles. The third kappa shape index (κ3) is 5.19. The minimum absolute atomic E-state index is 0.232. The van der Waals surface area contributed by atoms with Crippen LogP contribution in [0.1, 0.15) is 33.4 Å². The summed E-state index contributed by atoms with van der Waals surface area (Å²) in [4.78, 5) is 22.3. The number of anilines is 1. The van der Waals surface area contributed by atoms with Gasteiger partial charge in [0.2, 0.25) is 0 Å². The predicted octanol–water partition coefficient (Wildman–Crippen LogP) is 5.26. The highest BCUT2D eigenvalue weighted by atomic mass is 32.1. The highest BCUT2D eigenvalue weighted by Gasteiger charge is 2.30. The van der Waals surface area contributed by atoms with E-state index in [-0.39, 0.29) is 6.61 Å². The molecule has 5 rings (SSSR count). The zero-order chi connectivity index (χ0) is 25.3. The molecular formula is C26H26F3N3O3S. The summed E-state index contributed by atoms with van der Waals surface area (Å²) in [6, 6.07) is 11.2. The Labute approximate surface area is 211 Å². The summed E-state index contributed by atoms with van der Waals surface area (Å²) in [5, 5.41) is 0.501. The highest BCUT2D eigenvalue weighted by Crippen LogP contribution is 2.34. The number of esters is 1. The number of fused-ring (bicyclic) bond motifs is 1. The van der Waals surface area contributed by atoms with Crippen LogP contribution in [-0.2, 0) is 23.9 Å². The second-order valence-electron chi connectivity index (χ2n) is 8.74. The van der Waals surface area contributed by atoms with E-state index in [0.29, 0.717) is 27.7 Å². The van der Waals surface area contributed by atoms with E-state index in [1.54, 1.807) is 6.92 Å². The number of thiazole rings is 1. The SMILES string of the molecule is CCOC(=O)c1sc(-c2ccc(C(F)(F)F)cc2)nc1CN1CCN(c2ccc3c(c2)CCO3)CC1. The average Bonchev–Trinajstić information content (AvgIpc) is 3.51. The molecule has 1 saturated heterocycles. The van der Waals surface area contributed by atoms with E-state index < -0.39 is 17.7 Å². The number of carbonyl (C=O) groups excluding carboxylic acids is 1. The normalized spacial score (nSPS) is 16.1. The van der Waals surface area contributed by atoms with Gasteiger partial charge in [-0.3, -0.25) is 4.90 Å². The van der Waals surface area contributed by atoms with Crippen LogP contribution in [0.2, 0.25) is 0 Å². The Bertz CT molecular complexity index is 1240. The van der Waals surface area contributed by atoms with Gasteiger partial charge < -0.3 is 14.4 Å². The van der Waals surface area contributed by atoms with Crippen LogP contribution in [0.4, 0.5) is 18.9 Å². The average molecular weight is 518 g/mol. The minimum Gasteiger partial charge on any atom is -0.493 e. The monoisotopic (exact) mass is 517 g/mol. The Balaban J connectivity index is 1.30. The molecule has 36 heavy (non-hydrogen) atoms. The number of hydrogen-bond acceptors (Lipinski definition) is 7. The van der Waals surface area contributed by atoms with Crippen molar-refractivity contribution in [3.05, 3.63) is 64.2 Å². The number of nitrogens with zero attached hydrogens (tertiary/aromatic N) is 3. The summed E-state index contributed by atoms with van der Waals surface area (Å²) < 4.78 is 49.7. The van der Waals surface area contributed by atoms with Crippen molar-refractivity contribution < 1.29 is 27.4 Å². The summed E-state index contributed by atoms with van der Waals surface area (Å²) in [5.41, 5.74) is 2.84. The van der Waals surface area contributed by atoms with Crippen LogP contribution < -0.4 is 9.64 Å². The Kier molecular flexibility index (Phi) is 6.90. The van der Waals surface area contributed by atoms with Crippen LogP contribution in [0, 0.1) is 0 Å². The zero-order valence-corrected chi connectivity index (χ0v) is 20.6. The fourth-order valence-corrected chi connectivity index (χ4v) is 5.46. The van der Waals surface area contributed by atoms with E-state index >= 15 is 0 Å². The van der Waals surface area contributed by atoms with Gasteiger partial charge in [-0.25, -0.2) is 9.78 Å². The second-order valence-corrected chi connectivity index (χ2v) is 9.74. The Morgan fingerprint density at radius 2 is 1.86 bits per heavy atom. The van der Waals surface area contributed by atoms with E-state index in [9.17, 15) is 18.0 Å². The van der Waals surface area contributed by atoms with Crippen molar-refractivity contribution >= 4 is 23.0 Å². The highest BCUT2D eigenvalue weighted by molar-refractivity contribution is 7.17. The molecular weight excluding hydrogens is 491 g/mol. The number of halogens is 3. The van der Waals surface area contributed by atoms with Gasteiger partial charge in [0.1, 0.15) is 15.6 Å². The third-order valence-electron chi connectivity index (χ3n) is 6.40. The van der Waals surface area contributed by atoms with Crippen LogP contribution in [0.5, 0.6) is 5.75 Å². The van der Waals surface area contributed by atoms with Crippen LogP contribution >= 0.6 is 11.3 Å². The van der Waals surface area contributed by atoms with Gasteiger partial charge in [0.25, 0.3) is 0 Å². The Hall–Kier alpha value is -3.11. The molecule has 0 amide bonds. The molecule has 190 valence electrons. The maximum atomic E-state index is 12.9. The van der Waals surface area contributed by atoms with Crippen molar-refractivity contribution in [1.29, 1.82) is 0 Å². The van der Waals surface area contributed by atoms with Crippen molar-refractivity contribution in [1.82, 2.24) is 9.88 Å². The first kappa shape index (κ1) is 24.6. The smallest absolute Gasteiger partial charge is 0.416 e. The molecule has 2 aliphatic rings. The van der Waals surface area contributed by atoms with Crippen molar-refractivity contribution in [2.24, 2.45) is 0 Å². The van der Waals surface area contributed by atoms with E-state index in [1.807, 2.05) is 6.07 Å². The molecule has 3 heterocycles. The van der Waals surface area contributed by atoms with Crippen molar-refractivity contribution in [3.8, 4) is 16.3 Å². The van der Waals surface area contributed by atoms with Gasteiger partial charge in [-0.2, -0.15) is 13.2 Å². The van der Waals surface area contributed by atoms with Gasteiger partial charge in [0.05, 0.1) is 24.5 Å². The fourth-order valence-electron chi connectivity index (χ4n) is 4.49. The first-order valence-corrected chi connectivity index (χ1v) is 12.7. The Morgan fingerprint density at radius 3 is 2.56 bits per heavy atom. The maximum Gasteiger partial charge on any atom is 0.416 e. The standard InChI is InChI=1S/C26H26F3N3O3S/c1-2-34-25(33)23-21(30-24(36-23)17-3-5-19(6-4-17)26(27,28)29)16-31-10-12-32(13-11-31)20-7-8-22-18(15-20)9-14-35-22/h3-8,15H,2,9-14,16H2,1H3. The van der Waals surface area contributed by atoms with Crippen LogP contribution in [-0.4, -0.2) is 55.2 Å². The minimum atomic E-state index is -4.40. The number of hydrogen-bond donors (Lipinski definition) is 0. The number of carbonyl (C=O) groups is 1. The number of ether oxygens (including phenoxy) is 2. The summed E-state index contributed by atoms with van der Waals surface area (Å²) in [5.74, 6) is 0.512. The molecule has 10 heteroatoms. The molecule has 6 nitrogen and oxygen atoms in total. The van der Waals surface area contributed by atoms with Crippen molar-refractivity contribution in [3.63, 3.8) is 0 Å². The summed E-state index contributed by atoms with van der Waals surface area (Å²) in [6.45, 7) is 6.44. The van der Waals surface area contributed by atoms with Crippen molar-refractivity contribution in [2.45, 2.75) is 26.1 Å². The fraction of sp³-hybridized carbons (Fsp3) is 0.385. The van der Waals surface area contributed by atoms with E-state index in [4.69, 9.17) is 9.47 Å². The molecule has 0 spiro atoms. The van der Waals surface area contributed by atoms with E-state index in [1.165, 1.54) is 23.4 Å². The molecule has 0 unspecified atom stereocenters. The number of piperazine rings is 1. The summed E-state index contributed by atoms with van der Waals surface area (Å²) in [7, 11) is 0. The lowest BCUT2D eigenvalue weighted by molar-refractivity contribution is -0.137. The topological polar surface area (TPSA) is 54.9 Å². The Morgan fingerprint density at radius 1 is 1.11 bits per heavy atom. The molecule has 1 aromatic heterocycles. The summed E-state index contributed by atoms with van der Waals surface area (Å²) >= 11 is 1.16. The van der Waals surface area contributed by atoms with Gasteiger partial charge in [-0.05, 0) is 42.8 Å². The predicted molar refractivity (Wildman–Crippen MR) is 132 cm³/mol. The molecule has 3 aromatic rings. The molecule has 1 fully saturated rings. The van der Waals surface area contributed by atoms with Gasteiger partial charge >= 0.3 is 12.1 Å². The maximum absolute atomic E-state index is 12.9. The summed E-state index contributed by atoms with van der Waals surface area (Å²) in [6.07, 6.45) is -3.47.